The second kappa shape index (κ2) is 6.07. The van der Waals surface area contributed by atoms with Crippen molar-refractivity contribution in [1.82, 2.24) is 5.32 Å². The molecule has 0 heterocycles. The van der Waals surface area contributed by atoms with Gasteiger partial charge in [-0.3, -0.25) is 0 Å². The smallest absolute Gasteiger partial charge is 0.0643 e. The fraction of sp³-hybridized carbons (Fsp3) is 0.111. The van der Waals surface area contributed by atoms with E-state index in [-0.39, 0.29) is 6.04 Å². The van der Waals surface area contributed by atoms with Crippen molar-refractivity contribution in [1.29, 1.82) is 0 Å². The summed E-state index contributed by atoms with van der Waals surface area (Å²) >= 11 is 12.6. The molecule has 3 rings (SSSR count). The second-order valence-corrected chi connectivity index (χ2v) is 5.72. The average Bonchev–Trinajstić information content (AvgIpc) is 2.52. The van der Waals surface area contributed by atoms with Gasteiger partial charge in [0, 0.05) is 0 Å². The van der Waals surface area contributed by atoms with Gasteiger partial charge in [0.05, 0.1) is 16.1 Å². The first kappa shape index (κ1) is 14.4. The van der Waals surface area contributed by atoms with E-state index in [1.54, 1.807) is 0 Å². The maximum absolute atomic E-state index is 6.40. The molecular weight excluding hydrogens is 301 g/mol. The molecule has 0 bridgehead atoms. The van der Waals surface area contributed by atoms with Crippen molar-refractivity contribution >= 4 is 34.0 Å². The monoisotopic (exact) mass is 315 g/mol. The van der Waals surface area contributed by atoms with E-state index in [1.807, 2.05) is 31.3 Å². The minimum Gasteiger partial charge on any atom is -0.309 e. The molecule has 21 heavy (non-hydrogen) atoms. The minimum absolute atomic E-state index is 0.00213. The number of hydrogen-bond acceptors (Lipinski definition) is 1. The molecule has 0 saturated heterocycles. The number of hydrogen-bond donors (Lipinski definition) is 1. The van der Waals surface area contributed by atoms with Gasteiger partial charge >= 0.3 is 0 Å². The normalized spacial score (nSPS) is 12.5. The lowest BCUT2D eigenvalue weighted by Crippen LogP contribution is -2.18. The van der Waals surface area contributed by atoms with Crippen LogP contribution in [0.15, 0.2) is 60.7 Å². The standard InChI is InChI=1S/C18H15Cl2N/c1-21-18(15-10-5-11-16(19)17(15)20)14-9-4-7-12-6-2-3-8-13(12)14/h2-11,18,21H,1H3. The molecule has 0 spiro atoms. The summed E-state index contributed by atoms with van der Waals surface area (Å²) in [5.41, 5.74) is 2.18. The van der Waals surface area contributed by atoms with Gasteiger partial charge in [-0.2, -0.15) is 0 Å². The van der Waals surface area contributed by atoms with Crippen LogP contribution < -0.4 is 5.32 Å². The van der Waals surface area contributed by atoms with Gasteiger partial charge in [0.25, 0.3) is 0 Å². The quantitative estimate of drug-likeness (QED) is 0.677. The first-order valence-electron chi connectivity index (χ1n) is 6.81. The van der Waals surface area contributed by atoms with E-state index in [0.717, 1.165) is 5.56 Å². The topological polar surface area (TPSA) is 12.0 Å². The van der Waals surface area contributed by atoms with Crippen molar-refractivity contribution in [2.75, 3.05) is 7.05 Å². The van der Waals surface area contributed by atoms with Crippen LogP contribution in [0.5, 0.6) is 0 Å². The summed E-state index contributed by atoms with van der Waals surface area (Å²) in [5, 5.41) is 6.97. The minimum atomic E-state index is 0.00213. The highest BCUT2D eigenvalue weighted by Gasteiger charge is 2.18. The Morgan fingerprint density at radius 1 is 0.810 bits per heavy atom. The number of fused-ring (bicyclic) bond motifs is 1. The van der Waals surface area contributed by atoms with Crippen molar-refractivity contribution in [2.24, 2.45) is 0 Å². The molecule has 0 saturated carbocycles. The summed E-state index contributed by atoms with van der Waals surface area (Å²) in [5.74, 6) is 0. The molecule has 0 aliphatic heterocycles. The Balaban J connectivity index is 2.21. The predicted molar refractivity (Wildman–Crippen MR) is 91.3 cm³/mol. The highest BCUT2D eigenvalue weighted by molar-refractivity contribution is 6.42. The van der Waals surface area contributed by atoms with Gasteiger partial charge in [-0.25, -0.2) is 0 Å². The SMILES string of the molecule is CNC(c1cccc(Cl)c1Cl)c1cccc2ccccc12. The Bertz CT molecular complexity index is 778. The molecule has 0 radical (unpaired) electrons. The fourth-order valence-electron chi connectivity index (χ4n) is 2.72. The Morgan fingerprint density at radius 3 is 2.29 bits per heavy atom. The molecule has 1 atom stereocenters. The summed E-state index contributed by atoms with van der Waals surface area (Å²) in [6.07, 6.45) is 0. The van der Waals surface area contributed by atoms with Crippen LogP contribution in [0, 0.1) is 0 Å². The van der Waals surface area contributed by atoms with Gasteiger partial charge in [0.2, 0.25) is 0 Å². The number of nitrogens with one attached hydrogen (secondary N) is 1. The molecule has 3 aromatic rings. The highest BCUT2D eigenvalue weighted by atomic mass is 35.5. The van der Waals surface area contributed by atoms with Gasteiger partial charge in [-0.15, -0.1) is 0 Å². The summed E-state index contributed by atoms with van der Waals surface area (Å²) in [6.45, 7) is 0. The molecule has 0 fully saturated rings. The summed E-state index contributed by atoms with van der Waals surface area (Å²) in [4.78, 5) is 0. The molecule has 0 amide bonds. The molecule has 0 aliphatic rings. The van der Waals surface area contributed by atoms with E-state index in [2.05, 4.69) is 41.7 Å². The van der Waals surface area contributed by atoms with Gasteiger partial charge in [0.15, 0.2) is 0 Å². The van der Waals surface area contributed by atoms with Crippen LogP contribution in [0.1, 0.15) is 17.2 Å². The summed E-state index contributed by atoms with van der Waals surface area (Å²) < 4.78 is 0. The van der Waals surface area contributed by atoms with Gasteiger partial charge in [-0.1, -0.05) is 77.8 Å². The highest BCUT2D eigenvalue weighted by Crippen LogP contribution is 2.35. The lowest BCUT2D eigenvalue weighted by atomic mass is 9.94. The molecule has 0 aliphatic carbocycles. The zero-order chi connectivity index (χ0) is 14.8. The zero-order valence-electron chi connectivity index (χ0n) is 11.6. The van der Waals surface area contributed by atoms with Crippen LogP contribution in [0.4, 0.5) is 0 Å². The Hall–Kier alpha value is -1.54. The first-order chi connectivity index (χ1) is 10.2. The van der Waals surface area contributed by atoms with E-state index < -0.39 is 0 Å². The summed E-state index contributed by atoms with van der Waals surface area (Å²) in [7, 11) is 1.93. The van der Waals surface area contributed by atoms with E-state index >= 15 is 0 Å². The van der Waals surface area contributed by atoms with Gasteiger partial charge < -0.3 is 5.32 Å². The predicted octanol–water partition coefficient (Wildman–Crippen LogP) is 5.46. The average molecular weight is 316 g/mol. The molecule has 3 aromatic carbocycles. The third kappa shape index (κ3) is 2.65. The number of halogens is 2. The van der Waals surface area contributed by atoms with Crippen molar-refractivity contribution in [3.8, 4) is 0 Å². The Morgan fingerprint density at radius 2 is 1.48 bits per heavy atom. The van der Waals surface area contributed by atoms with Crippen molar-refractivity contribution < 1.29 is 0 Å². The van der Waals surface area contributed by atoms with Crippen molar-refractivity contribution in [3.63, 3.8) is 0 Å². The van der Waals surface area contributed by atoms with E-state index in [9.17, 15) is 0 Å². The number of rotatable bonds is 3. The van der Waals surface area contributed by atoms with Gasteiger partial charge in [-0.05, 0) is 35.0 Å². The van der Waals surface area contributed by atoms with Crippen LogP contribution in [-0.2, 0) is 0 Å². The van der Waals surface area contributed by atoms with Crippen LogP contribution in [-0.4, -0.2) is 7.05 Å². The van der Waals surface area contributed by atoms with E-state index in [0.29, 0.717) is 10.0 Å². The first-order valence-corrected chi connectivity index (χ1v) is 7.57. The third-order valence-corrected chi connectivity index (χ3v) is 4.55. The van der Waals surface area contributed by atoms with Crippen LogP contribution >= 0.6 is 23.2 Å². The molecule has 106 valence electrons. The molecular formula is C18H15Cl2N. The zero-order valence-corrected chi connectivity index (χ0v) is 13.1. The van der Waals surface area contributed by atoms with Crippen LogP contribution in [0.2, 0.25) is 10.0 Å². The molecule has 1 N–H and O–H groups in total. The Kier molecular flexibility index (Phi) is 4.16. The molecule has 1 unspecified atom stereocenters. The van der Waals surface area contributed by atoms with E-state index in [4.69, 9.17) is 23.2 Å². The largest absolute Gasteiger partial charge is 0.309 e. The van der Waals surface area contributed by atoms with Crippen molar-refractivity contribution in [2.45, 2.75) is 6.04 Å². The van der Waals surface area contributed by atoms with E-state index in [1.165, 1.54) is 16.3 Å². The van der Waals surface area contributed by atoms with Crippen LogP contribution in [0.25, 0.3) is 10.8 Å². The van der Waals surface area contributed by atoms with Gasteiger partial charge in [0.1, 0.15) is 0 Å². The second-order valence-electron chi connectivity index (χ2n) is 4.93. The Labute approximate surface area is 134 Å². The molecule has 0 aromatic heterocycles. The maximum Gasteiger partial charge on any atom is 0.0643 e. The lowest BCUT2D eigenvalue weighted by molar-refractivity contribution is 0.697. The maximum atomic E-state index is 6.40. The van der Waals surface area contributed by atoms with Crippen LogP contribution in [0.3, 0.4) is 0 Å². The summed E-state index contributed by atoms with van der Waals surface area (Å²) in [6, 6.07) is 20.4. The lowest BCUT2D eigenvalue weighted by Gasteiger charge is -2.21. The molecule has 3 heteroatoms. The third-order valence-electron chi connectivity index (χ3n) is 3.72. The molecule has 1 nitrogen and oxygen atoms in total. The number of benzene rings is 3. The van der Waals surface area contributed by atoms with Crippen molar-refractivity contribution in [3.05, 3.63) is 81.8 Å². The fourth-order valence-corrected chi connectivity index (χ4v) is 3.14.